The van der Waals surface area contributed by atoms with Crippen LogP contribution in [0.5, 0.6) is 0 Å². The van der Waals surface area contributed by atoms with E-state index in [1.165, 1.54) is 7.11 Å². The van der Waals surface area contributed by atoms with E-state index < -0.39 is 10.0 Å². The van der Waals surface area contributed by atoms with Gasteiger partial charge >= 0.3 is 5.97 Å². The summed E-state index contributed by atoms with van der Waals surface area (Å²) in [4.78, 5) is 11.5. The van der Waals surface area contributed by atoms with Gasteiger partial charge in [-0.25, -0.2) is 8.42 Å². The van der Waals surface area contributed by atoms with Crippen molar-refractivity contribution in [3.8, 4) is 0 Å². The van der Waals surface area contributed by atoms with Crippen molar-refractivity contribution in [1.29, 1.82) is 0 Å². The smallest absolute Gasteiger partial charge is 0.309 e. The third-order valence-corrected chi connectivity index (χ3v) is 5.84. The zero-order valence-corrected chi connectivity index (χ0v) is 13.2. The topological polar surface area (TPSA) is 63.7 Å². The Kier molecular flexibility index (Phi) is 5.00. The molecule has 1 aliphatic heterocycles. The third-order valence-electron chi connectivity index (χ3n) is 3.96. The van der Waals surface area contributed by atoms with Crippen LogP contribution < -0.4 is 0 Å². The van der Waals surface area contributed by atoms with Gasteiger partial charge in [0.25, 0.3) is 0 Å². The van der Waals surface area contributed by atoms with Gasteiger partial charge in [0.2, 0.25) is 10.0 Å². The van der Waals surface area contributed by atoms with Gasteiger partial charge in [-0.2, -0.15) is 4.31 Å². The molecular weight excluding hydrogens is 290 g/mol. The minimum Gasteiger partial charge on any atom is -0.469 e. The Bertz CT molecular complexity index is 595. The van der Waals surface area contributed by atoms with Gasteiger partial charge in [-0.05, 0) is 30.0 Å². The van der Waals surface area contributed by atoms with Crippen molar-refractivity contribution in [3.63, 3.8) is 0 Å². The van der Waals surface area contributed by atoms with Crippen LogP contribution in [0.2, 0.25) is 0 Å². The highest BCUT2D eigenvalue weighted by Crippen LogP contribution is 2.26. The van der Waals surface area contributed by atoms with E-state index in [1.54, 1.807) is 28.6 Å². The molecule has 0 N–H and O–H groups in total. The minimum absolute atomic E-state index is 0.151. The highest BCUT2D eigenvalue weighted by atomic mass is 32.2. The summed E-state index contributed by atoms with van der Waals surface area (Å²) in [5, 5.41) is 0. The minimum atomic E-state index is -3.42. The molecule has 1 aromatic carbocycles. The summed E-state index contributed by atoms with van der Waals surface area (Å²) in [5.74, 6) is 0.120. The quantitative estimate of drug-likeness (QED) is 0.778. The molecule has 21 heavy (non-hydrogen) atoms. The van der Waals surface area contributed by atoms with Gasteiger partial charge in [0.15, 0.2) is 0 Å². The molecule has 0 aliphatic carbocycles. The van der Waals surface area contributed by atoms with Crippen LogP contribution in [0, 0.1) is 5.92 Å². The maximum absolute atomic E-state index is 12.5. The Balaban J connectivity index is 2.12. The van der Waals surface area contributed by atoms with E-state index in [1.807, 2.05) is 0 Å². The van der Waals surface area contributed by atoms with Crippen molar-refractivity contribution >= 4 is 16.0 Å². The third kappa shape index (κ3) is 3.63. The largest absolute Gasteiger partial charge is 0.469 e. The highest BCUT2D eigenvalue weighted by Gasteiger charge is 2.31. The van der Waals surface area contributed by atoms with E-state index in [2.05, 4.69) is 11.7 Å². The van der Waals surface area contributed by atoms with Gasteiger partial charge in [-0.3, -0.25) is 4.79 Å². The zero-order chi connectivity index (χ0) is 15.5. The number of nitrogens with zero attached hydrogens (tertiary/aromatic N) is 1. The molecule has 1 atom stereocenters. The molecule has 1 aromatic rings. The fraction of sp³-hybridized carbons (Fsp3) is 0.533. The molecule has 116 valence electrons. The molecule has 0 bridgehead atoms. The predicted molar refractivity (Wildman–Crippen MR) is 79.3 cm³/mol. The number of rotatable bonds is 5. The summed E-state index contributed by atoms with van der Waals surface area (Å²) < 4.78 is 31.2. The molecule has 0 saturated carbocycles. The number of hydrogen-bond donors (Lipinski definition) is 0. The lowest BCUT2D eigenvalue weighted by molar-refractivity contribution is -0.139. The van der Waals surface area contributed by atoms with Gasteiger partial charge in [0.05, 0.1) is 18.4 Å². The molecule has 0 aromatic heterocycles. The SMILES string of the molecule is CCC1CCN(S(=O)(=O)c2ccc(CC(=O)OC)cc2)C1. The second-order valence-corrected chi connectivity index (χ2v) is 7.26. The van der Waals surface area contributed by atoms with Gasteiger partial charge in [0, 0.05) is 13.1 Å². The van der Waals surface area contributed by atoms with E-state index in [0.717, 1.165) is 18.4 Å². The van der Waals surface area contributed by atoms with E-state index >= 15 is 0 Å². The number of carbonyl (C=O) groups is 1. The summed E-state index contributed by atoms with van der Waals surface area (Å²) >= 11 is 0. The average Bonchev–Trinajstić information content (AvgIpc) is 2.97. The lowest BCUT2D eigenvalue weighted by Crippen LogP contribution is -2.28. The molecule has 0 radical (unpaired) electrons. The van der Waals surface area contributed by atoms with Crippen LogP contribution in [-0.2, 0) is 26.0 Å². The van der Waals surface area contributed by atoms with E-state index in [9.17, 15) is 13.2 Å². The summed E-state index contributed by atoms with van der Waals surface area (Å²) in [6, 6.07) is 6.45. The lowest BCUT2D eigenvalue weighted by Gasteiger charge is -2.16. The molecule has 1 aliphatic rings. The van der Waals surface area contributed by atoms with Crippen LogP contribution in [0.3, 0.4) is 0 Å². The monoisotopic (exact) mass is 311 g/mol. The van der Waals surface area contributed by atoms with Crippen molar-refractivity contribution in [2.45, 2.75) is 31.1 Å². The molecule has 2 rings (SSSR count). The molecule has 0 spiro atoms. The lowest BCUT2D eigenvalue weighted by atomic mass is 10.1. The molecule has 1 unspecified atom stereocenters. The van der Waals surface area contributed by atoms with Gasteiger partial charge in [-0.1, -0.05) is 25.5 Å². The first-order chi connectivity index (χ1) is 9.97. The average molecular weight is 311 g/mol. The number of sulfonamides is 1. The molecule has 1 fully saturated rings. The molecule has 6 heteroatoms. The van der Waals surface area contributed by atoms with Crippen LogP contribution in [0.4, 0.5) is 0 Å². The van der Waals surface area contributed by atoms with Crippen molar-refractivity contribution in [2.24, 2.45) is 5.92 Å². The summed E-state index contributed by atoms with van der Waals surface area (Å²) in [5.41, 5.74) is 0.744. The first kappa shape index (κ1) is 16.0. The van der Waals surface area contributed by atoms with Gasteiger partial charge in [0.1, 0.15) is 0 Å². The van der Waals surface area contributed by atoms with Crippen molar-refractivity contribution < 1.29 is 17.9 Å². The highest BCUT2D eigenvalue weighted by molar-refractivity contribution is 7.89. The number of esters is 1. The van der Waals surface area contributed by atoms with Crippen LogP contribution in [0.15, 0.2) is 29.2 Å². The maximum atomic E-state index is 12.5. The predicted octanol–water partition coefficient (Wildman–Crippen LogP) is 1.82. The Morgan fingerprint density at radius 2 is 2.00 bits per heavy atom. The number of carbonyl (C=O) groups excluding carboxylic acids is 1. The van der Waals surface area contributed by atoms with Gasteiger partial charge < -0.3 is 4.74 Å². The fourth-order valence-corrected chi connectivity index (χ4v) is 4.05. The molecule has 5 nitrogen and oxygen atoms in total. The number of ether oxygens (including phenoxy) is 1. The fourth-order valence-electron chi connectivity index (χ4n) is 2.52. The number of methoxy groups -OCH3 is 1. The molecule has 0 amide bonds. The van der Waals surface area contributed by atoms with E-state index in [4.69, 9.17) is 0 Å². The van der Waals surface area contributed by atoms with Gasteiger partial charge in [-0.15, -0.1) is 0 Å². The second-order valence-electron chi connectivity index (χ2n) is 5.32. The second kappa shape index (κ2) is 6.58. The van der Waals surface area contributed by atoms with Crippen LogP contribution >= 0.6 is 0 Å². The Morgan fingerprint density at radius 1 is 1.33 bits per heavy atom. The Morgan fingerprint density at radius 3 is 2.52 bits per heavy atom. The standard InChI is InChI=1S/C15H21NO4S/c1-3-12-8-9-16(11-12)21(18,19)14-6-4-13(5-7-14)10-15(17)20-2/h4-7,12H,3,8-11H2,1-2H3. The first-order valence-electron chi connectivity index (χ1n) is 7.13. The summed E-state index contributed by atoms with van der Waals surface area (Å²) in [7, 11) is -2.08. The maximum Gasteiger partial charge on any atom is 0.309 e. The Hall–Kier alpha value is -1.40. The van der Waals surface area contributed by atoms with Crippen molar-refractivity contribution in [1.82, 2.24) is 4.31 Å². The Labute approximate surface area is 126 Å². The van der Waals surface area contributed by atoms with E-state index in [0.29, 0.717) is 19.0 Å². The molecule has 1 saturated heterocycles. The van der Waals surface area contributed by atoms with Crippen LogP contribution in [-0.4, -0.2) is 38.9 Å². The van der Waals surface area contributed by atoms with Crippen LogP contribution in [0.25, 0.3) is 0 Å². The summed E-state index contributed by atoms with van der Waals surface area (Å²) in [6.45, 7) is 3.27. The van der Waals surface area contributed by atoms with Crippen molar-refractivity contribution in [2.75, 3.05) is 20.2 Å². The zero-order valence-electron chi connectivity index (χ0n) is 12.4. The van der Waals surface area contributed by atoms with Crippen LogP contribution in [0.1, 0.15) is 25.3 Å². The summed E-state index contributed by atoms with van der Waals surface area (Å²) in [6.07, 6.45) is 2.08. The van der Waals surface area contributed by atoms with Crippen molar-refractivity contribution in [3.05, 3.63) is 29.8 Å². The normalized spacial score (nSPS) is 19.6. The first-order valence-corrected chi connectivity index (χ1v) is 8.57. The molecular formula is C15H21NO4S. The number of hydrogen-bond acceptors (Lipinski definition) is 4. The van der Waals surface area contributed by atoms with E-state index in [-0.39, 0.29) is 17.3 Å². The molecule has 1 heterocycles. The number of benzene rings is 1.